The first kappa shape index (κ1) is 13.9. The molecule has 0 bridgehead atoms. The molecule has 0 spiro atoms. The van der Waals surface area contributed by atoms with Gasteiger partial charge >= 0.3 is 0 Å². The topological polar surface area (TPSA) is 49.8 Å². The van der Waals surface area contributed by atoms with Crippen molar-refractivity contribution < 1.29 is 0 Å². The Hall–Kier alpha value is -1.78. The van der Waals surface area contributed by atoms with Gasteiger partial charge in [0.15, 0.2) is 0 Å². The third-order valence-electron chi connectivity index (χ3n) is 4.81. The highest BCUT2D eigenvalue weighted by Gasteiger charge is 2.23. The predicted molar refractivity (Wildman–Crippen MR) is 86.5 cm³/mol. The van der Waals surface area contributed by atoms with Crippen molar-refractivity contribution >= 4 is 0 Å². The van der Waals surface area contributed by atoms with Crippen molar-refractivity contribution in [3.05, 3.63) is 59.2 Å². The quantitative estimate of drug-likeness (QED) is 0.911. The predicted octanol–water partition coefficient (Wildman–Crippen LogP) is 2.16. The fraction of sp³-hybridized carbons (Fsp3) is 0.444. The molecule has 2 aromatic rings. The summed E-state index contributed by atoms with van der Waals surface area (Å²) in [6.07, 6.45) is 8.42. The molecule has 0 unspecified atom stereocenters. The molecule has 0 saturated carbocycles. The minimum atomic E-state index is 0.400. The Kier molecular flexibility index (Phi) is 3.87. The second-order valence-electron chi connectivity index (χ2n) is 6.29. The van der Waals surface area contributed by atoms with Gasteiger partial charge in [0.2, 0.25) is 0 Å². The summed E-state index contributed by atoms with van der Waals surface area (Å²) in [6, 6.07) is 9.31. The second kappa shape index (κ2) is 6.15. The Morgan fingerprint density at radius 1 is 1.14 bits per heavy atom. The van der Waals surface area contributed by atoms with Crippen LogP contribution in [0.2, 0.25) is 0 Å². The molecule has 2 aliphatic rings. The number of nitrogens with zero attached hydrogens (tertiary/aromatic N) is 2. The summed E-state index contributed by atoms with van der Waals surface area (Å²) < 4.78 is 0. The van der Waals surface area contributed by atoms with Gasteiger partial charge in [-0.25, -0.2) is 0 Å². The van der Waals surface area contributed by atoms with Gasteiger partial charge in [-0.2, -0.15) is 0 Å². The largest absolute Gasteiger partial charge is 0.308 e. The van der Waals surface area contributed by atoms with Gasteiger partial charge in [0, 0.05) is 49.7 Å². The molecule has 4 rings (SSSR count). The van der Waals surface area contributed by atoms with E-state index in [2.05, 4.69) is 32.7 Å². The van der Waals surface area contributed by atoms with Crippen LogP contribution in [0.1, 0.15) is 41.4 Å². The van der Waals surface area contributed by atoms with E-state index < -0.39 is 0 Å². The molecule has 22 heavy (non-hydrogen) atoms. The van der Waals surface area contributed by atoms with Gasteiger partial charge in [0.25, 0.3) is 0 Å². The molecule has 1 aliphatic carbocycles. The van der Waals surface area contributed by atoms with Crippen LogP contribution in [0.15, 0.2) is 36.7 Å². The molecule has 2 aromatic heterocycles. The Bertz CT molecular complexity index is 655. The fourth-order valence-electron chi connectivity index (χ4n) is 3.61. The lowest BCUT2D eigenvalue weighted by molar-refractivity contribution is 0.385. The van der Waals surface area contributed by atoms with Crippen LogP contribution in [-0.2, 0) is 19.4 Å². The Balaban J connectivity index is 1.40. The van der Waals surface area contributed by atoms with E-state index in [1.165, 1.54) is 41.8 Å². The molecule has 114 valence electrons. The molecule has 4 nitrogen and oxygen atoms in total. The maximum Gasteiger partial charge on any atom is 0.0605 e. The first-order valence-corrected chi connectivity index (χ1v) is 8.23. The van der Waals surface area contributed by atoms with Gasteiger partial charge in [-0.15, -0.1) is 0 Å². The molecule has 2 N–H and O–H groups in total. The van der Waals surface area contributed by atoms with Crippen molar-refractivity contribution in [2.24, 2.45) is 0 Å². The number of aromatic nitrogens is 2. The maximum atomic E-state index is 4.61. The maximum absolute atomic E-state index is 4.61. The number of hydrogen-bond acceptors (Lipinski definition) is 4. The zero-order valence-corrected chi connectivity index (χ0v) is 12.8. The number of hydrogen-bond donors (Lipinski definition) is 2. The van der Waals surface area contributed by atoms with Gasteiger partial charge in [0.05, 0.1) is 5.69 Å². The molecule has 0 saturated heterocycles. The van der Waals surface area contributed by atoms with Crippen molar-refractivity contribution in [3.8, 4) is 0 Å². The van der Waals surface area contributed by atoms with Crippen molar-refractivity contribution in [1.82, 2.24) is 20.6 Å². The van der Waals surface area contributed by atoms with Crippen LogP contribution < -0.4 is 10.6 Å². The van der Waals surface area contributed by atoms with Gasteiger partial charge in [-0.3, -0.25) is 9.97 Å². The van der Waals surface area contributed by atoms with Crippen LogP contribution in [0.5, 0.6) is 0 Å². The van der Waals surface area contributed by atoms with E-state index in [9.17, 15) is 0 Å². The highest BCUT2D eigenvalue weighted by Crippen LogP contribution is 2.27. The number of rotatable bonds is 3. The van der Waals surface area contributed by atoms with Crippen LogP contribution in [0, 0.1) is 0 Å². The minimum Gasteiger partial charge on any atom is -0.308 e. The van der Waals surface area contributed by atoms with Crippen LogP contribution in [0.3, 0.4) is 0 Å². The van der Waals surface area contributed by atoms with Gasteiger partial charge < -0.3 is 10.6 Å². The molecule has 0 amide bonds. The first-order chi connectivity index (χ1) is 10.9. The molecule has 0 fully saturated rings. The Morgan fingerprint density at radius 3 is 2.95 bits per heavy atom. The first-order valence-electron chi connectivity index (χ1n) is 8.23. The lowest BCUT2D eigenvalue weighted by Crippen LogP contribution is -2.44. The van der Waals surface area contributed by atoms with E-state index in [0.717, 1.165) is 19.5 Å². The number of pyridine rings is 2. The lowest BCUT2D eigenvalue weighted by atomic mass is 9.91. The summed E-state index contributed by atoms with van der Waals surface area (Å²) in [7, 11) is 0. The van der Waals surface area contributed by atoms with Gasteiger partial charge in [-0.05, 0) is 42.5 Å². The number of aryl methyl sites for hydroxylation is 1. The summed E-state index contributed by atoms with van der Waals surface area (Å²) in [5.74, 6) is 0. The molecular weight excluding hydrogens is 272 g/mol. The van der Waals surface area contributed by atoms with E-state index >= 15 is 0 Å². The Morgan fingerprint density at radius 2 is 2.00 bits per heavy atom. The van der Waals surface area contributed by atoms with Crippen molar-refractivity contribution in [1.29, 1.82) is 0 Å². The van der Waals surface area contributed by atoms with Crippen LogP contribution >= 0.6 is 0 Å². The summed E-state index contributed by atoms with van der Waals surface area (Å²) >= 11 is 0. The summed E-state index contributed by atoms with van der Waals surface area (Å²) in [4.78, 5) is 9.13. The third kappa shape index (κ3) is 2.76. The summed E-state index contributed by atoms with van der Waals surface area (Å²) in [5, 5.41) is 7.34. The van der Waals surface area contributed by atoms with E-state index in [4.69, 9.17) is 0 Å². The highest BCUT2D eigenvalue weighted by atomic mass is 15.0. The van der Waals surface area contributed by atoms with Crippen molar-refractivity contribution in [3.63, 3.8) is 0 Å². The number of nitrogens with one attached hydrogen (secondary N) is 2. The van der Waals surface area contributed by atoms with Crippen LogP contribution in [0.25, 0.3) is 0 Å². The zero-order valence-electron chi connectivity index (χ0n) is 12.8. The average Bonchev–Trinajstić information content (AvgIpc) is 2.60. The molecule has 0 aromatic carbocycles. The molecule has 3 heterocycles. The van der Waals surface area contributed by atoms with Crippen LogP contribution in [0.4, 0.5) is 0 Å². The van der Waals surface area contributed by atoms with E-state index in [1.54, 1.807) is 0 Å². The molecular formula is C18H22N4. The second-order valence-corrected chi connectivity index (χ2v) is 6.29. The third-order valence-corrected chi connectivity index (χ3v) is 4.81. The molecule has 4 heteroatoms. The monoisotopic (exact) mass is 294 g/mol. The fourth-order valence-corrected chi connectivity index (χ4v) is 3.61. The Labute approximate surface area is 131 Å². The van der Waals surface area contributed by atoms with E-state index in [0.29, 0.717) is 12.1 Å². The normalized spacial score (nSPS) is 23.6. The molecule has 1 aliphatic heterocycles. The average molecular weight is 294 g/mol. The minimum absolute atomic E-state index is 0.400. The van der Waals surface area contributed by atoms with Crippen LogP contribution in [-0.4, -0.2) is 22.6 Å². The van der Waals surface area contributed by atoms with E-state index in [-0.39, 0.29) is 0 Å². The summed E-state index contributed by atoms with van der Waals surface area (Å²) in [6.45, 7) is 1.89. The van der Waals surface area contributed by atoms with Gasteiger partial charge in [0.1, 0.15) is 0 Å². The number of fused-ring (bicyclic) bond motifs is 2. The SMILES string of the molecule is c1cnc2c(c1)CN[C@@H](CN[C@H]1CCCc3cccnc31)C2. The highest BCUT2D eigenvalue weighted by molar-refractivity contribution is 5.26. The van der Waals surface area contributed by atoms with E-state index in [1.807, 2.05) is 24.5 Å². The van der Waals surface area contributed by atoms with Crippen molar-refractivity contribution in [2.75, 3.05) is 6.54 Å². The smallest absolute Gasteiger partial charge is 0.0605 e. The molecule has 2 atom stereocenters. The summed E-state index contributed by atoms with van der Waals surface area (Å²) in [5.41, 5.74) is 5.25. The van der Waals surface area contributed by atoms with Crippen molar-refractivity contribution in [2.45, 2.75) is 44.3 Å². The standard InChI is InChI=1S/C18H22N4/c1-4-13-5-2-9-20-18(13)16(7-1)22-12-15-10-17-14(11-21-15)6-3-8-19-17/h2-3,5-6,8-9,15-16,21-22H,1,4,7,10-12H2/t15-,16+/m1/s1. The molecule has 0 radical (unpaired) electrons. The lowest BCUT2D eigenvalue weighted by Gasteiger charge is -2.30. The van der Waals surface area contributed by atoms with Gasteiger partial charge in [-0.1, -0.05) is 12.1 Å². The zero-order chi connectivity index (χ0) is 14.8.